The number of halogens is 6. The van der Waals surface area contributed by atoms with Gasteiger partial charge >= 0.3 is 12.1 Å². The molecule has 0 radical (unpaired) electrons. The summed E-state index contributed by atoms with van der Waals surface area (Å²) >= 11 is 0. The van der Waals surface area contributed by atoms with Crippen LogP contribution in [0.5, 0.6) is 0 Å². The summed E-state index contributed by atoms with van der Waals surface area (Å²) in [5.74, 6) is -2.88. The van der Waals surface area contributed by atoms with Gasteiger partial charge in [0.25, 0.3) is 16.4 Å². The fraction of sp³-hybridized carbons (Fsp3) is 0.286. The van der Waals surface area contributed by atoms with E-state index in [0.717, 1.165) is 24.6 Å². The highest BCUT2D eigenvalue weighted by molar-refractivity contribution is 7.90. The minimum atomic E-state index is -5.25. The van der Waals surface area contributed by atoms with E-state index in [4.69, 9.17) is 4.42 Å². The summed E-state index contributed by atoms with van der Waals surface area (Å²) < 4.78 is 113. The fourth-order valence-electron chi connectivity index (χ4n) is 3.55. The van der Waals surface area contributed by atoms with Gasteiger partial charge in [0.05, 0.1) is 23.2 Å². The van der Waals surface area contributed by atoms with Crippen LogP contribution in [0.3, 0.4) is 0 Å². The van der Waals surface area contributed by atoms with Crippen LogP contribution >= 0.6 is 0 Å². The predicted octanol–water partition coefficient (Wildman–Crippen LogP) is 4.60. The van der Waals surface area contributed by atoms with Gasteiger partial charge < -0.3 is 14.6 Å². The first-order valence-corrected chi connectivity index (χ1v) is 11.6. The van der Waals surface area contributed by atoms with Gasteiger partial charge in [-0.25, -0.2) is 26.3 Å². The van der Waals surface area contributed by atoms with Crippen LogP contribution in [0, 0.1) is 5.82 Å². The van der Waals surface area contributed by atoms with Crippen molar-refractivity contribution in [3.05, 3.63) is 53.5 Å². The van der Waals surface area contributed by atoms with Gasteiger partial charge in [-0.15, -0.1) is 0 Å². The highest BCUT2D eigenvalue weighted by Crippen LogP contribution is 2.38. The highest BCUT2D eigenvalue weighted by Gasteiger charge is 2.39. The summed E-state index contributed by atoms with van der Waals surface area (Å²) in [5, 5.41) is 1.81. The van der Waals surface area contributed by atoms with Gasteiger partial charge in [0.15, 0.2) is 5.76 Å². The van der Waals surface area contributed by atoms with Gasteiger partial charge in [-0.05, 0) is 24.6 Å². The Morgan fingerprint density at radius 1 is 1.14 bits per heavy atom. The Morgan fingerprint density at radius 2 is 1.86 bits per heavy atom. The zero-order valence-corrected chi connectivity index (χ0v) is 18.4. The first-order valence-electron chi connectivity index (χ1n) is 10.1. The third-order valence-electron chi connectivity index (χ3n) is 5.28. The highest BCUT2D eigenvalue weighted by atomic mass is 32.2. The van der Waals surface area contributed by atoms with Crippen LogP contribution in [0.15, 0.2) is 45.7 Å². The number of nitrogens with one attached hydrogen (secondary N) is 2. The van der Waals surface area contributed by atoms with E-state index in [-0.39, 0.29) is 11.0 Å². The monoisotopic (exact) mass is 521 g/mol. The Bertz CT molecular complexity index is 1380. The Balaban J connectivity index is 1.69. The minimum absolute atomic E-state index is 0.0653. The van der Waals surface area contributed by atoms with Crippen LogP contribution in [0.2, 0.25) is 0 Å². The van der Waals surface area contributed by atoms with E-state index in [0.29, 0.717) is 24.8 Å². The molecule has 0 unspecified atom stereocenters. The predicted molar refractivity (Wildman–Crippen MR) is 114 cm³/mol. The van der Waals surface area contributed by atoms with Crippen molar-refractivity contribution < 1.29 is 44.0 Å². The second kappa shape index (κ2) is 8.98. The molecule has 4 rings (SSSR count). The number of carbonyl (C=O) groups excluding carboxylic acids is 1. The van der Waals surface area contributed by atoms with Crippen molar-refractivity contribution in [1.29, 1.82) is 0 Å². The number of hydrogen-bond donors (Lipinski definition) is 2. The molecule has 0 aliphatic carbocycles. The summed E-state index contributed by atoms with van der Waals surface area (Å²) in [6.07, 6.45) is -7.27. The molecule has 188 valence electrons. The number of fused-ring (bicyclic) bond motifs is 1. The summed E-state index contributed by atoms with van der Waals surface area (Å²) in [6, 6.07) is 5.70. The molecule has 0 atom stereocenters. The number of furan rings is 1. The molecule has 0 spiro atoms. The standard InChI is InChI=1S/C21H17F6N3O4S/c22-14-7-11(30-5-2-6-30)8-16-12(14)9-17(34-16)20(31)29-35(32,33)19-13(21(25,26)27)3-1-4-15(19)28-10-18(23)24/h1,3-4,7-9,18,28H,2,5-6,10H2,(H,29,31). The second-order valence-corrected chi connectivity index (χ2v) is 9.30. The van der Waals surface area contributed by atoms with Crippen LogP contribution in [0.4, 0.5) is 37.7 Å². The van der Waals surface area contributed by atoms with Gasteiger partial charge in [-0.3, -0.25) is 4.79 Å². The molecule has 2 N–H and O–H groups in total. The molecule has 1 aliphatic rings. The number of alkyl halides is 5. The number of anilines is 2. The summed E-state index contributed by atoms with van der Waals surface area (Å²) in [6.45, 7) is 0.246. The molecule has 1 aliphatic heterocycles. The Kier molecular flexibility index (Phi) is 6.34. The first-order chi connectivity index (χ1) is 16.4. The molecule has 1 saturated heterocycles. The molecule has 1 aromatic heterocycles. The van der Waals surface area contributed by atoms with Crippen molar-refractivity contribution in [3.63, 3.8) is 0 Å². The maximum Gasteiger partial charge on any atom is 0.417 e. The second-order valence-electron chi connectivity index (χ2n) is 7.68. The van der Waals surface area contributed by atoms with Gasteiger partial charge in [0.1, 0.15) is 16.3 Å². The van der Waals surface area contributed by atoms with Gasteiger partial charge in [-0.1, -0.05) is 6.07 Å². The molecule has 0 saturated carbocycles. The van der Waals surface area contributed by atoms with Crippen molar-refractivity contribution in [2.45, 2.75) is 23.9 Å². The van der Waals surface area contributed by atoms with Crippen LogP contribution < -0.4 is 14.9 Å². The SMILES string of the molecule is O=C(NS(=O)(=O)c1c(NCC(F)F)cccc1C(F)(F)F)c1cc2c(F)cc(N3CCC3)cc2o1. The molecule has 2 aromatic carbocycles. The maximum absolute atomic E-state index is 14.5. The smallest absolute Gasteiger partial charge is 0.417 e. The Labute approximate surface area is 194 Å². The zero-order chi connectivity index (χ0) is 25.5. The molecule has 1 fully saturated rings. The van der Waals surface area contributed by atoms with Crippen molar-refractivity contribution in [2.24, 2.45) is 0 Å². The number of rotatable bonds is 7. The normalized spacial score (nSPS) is 14.3. The van der Waals surface area contributed by atoms with Gasteiger partial charge in [0, 0.05) is 30.9 Å². The van der Waals surface area contributed by atoms with Crippen molar-refractivity contribution in [3.8, 4) is 0 Å². The van der Waals surface area contributed by atoms with Crippen molar-refractivity contribution >= 4 is 38.3 Å². The largest absolute Gasteiger partial charge is 0.451 e. The lowest BCUT2D eigenvalue weighted by Gasteiger charge is -2.33. The molecular formula is C21H17F6N3O4S. The van der Waals surface area contributed by atoms with E-state index in [9.17, 15) is 39.6 Å². The van der Waals surface area contributed by atoms with Crippen LogP contribution in [-0.4, -0.2) is 40.4 Å². The molecule has 0 bridgehead atoms. The number of benzene rings is 2. The van der Waals surface area contributed by atoms with E-state index < -0.39 is 62.8 Å². The van der Waals surface area contributed by atoms with Crippen LogP contribution in [0.1, 0.15) is 22.5 Å². The minimum Gasteiger partial charge on any atom is -0.451 e. The van der Waals surface area contributed by atoms with E-state index in [1.54, 1.807) is 0 Å². The van der Waals surface area contributed by atoms with Crippen LogP contribution in [-0.2, 0) is 16.2 Å². The topological polar surface area (TPSA) is 91.6 Å². The number of sulfonamides is 1. The average Bonchev–Trinajstić information content (AvgIpc) is 3.15. The number of hydrogen-bond acceptors (Lipinski definition) is 6. The molecular weight excluding hydrogens is 504 g/mol. The Hall–Kier alpha value is -3.42. The van der Waals surface area contributed by atoms with Crippen LogP contribution in [0.25, 0.3) is 11.0 Å². The molecule has 35 heavy (non-hydrogen) atoms. The molecule has 7 nitrogen and oxygen atoms in total. The van der Waals surface area contributed by atoms with E-state index in [1.165, 1.54) is 16.9 Å². The lowest BCUT2D eigenvalue weighted by atomic mass is 10.1. The molecule has 1 amide bonds. The number of carbonyl (C=O) groups is 1. The molecule has 2 heterocycles. The quantitative estimate of drug-likeness (QED) is 0.442. The van der Waals surface area contributed by atoms with Gasteiger partial charge in [0.2, 0.25) is 0 Å². The lowest BCUT2D eigenvalue weighted by molar-refractivity contribution is -0.139. The zero-order valence-electron chi connectivity index (χ0n) is 17.6. The third-order valence-corrected chi connectivity index (χ3v) is 6.71. The fourth-order valence-corrected chi connectivity index (χ4v) is 4.90. The van der Waals surface area contributed by atoms with E-state index in [2.05, 4.69) is 0 Å². The Morgan fingerprint density at radius 3 is 2.46 bits per heavy atom. The van der Waals surface area contributed by atoms with E-state index in [1.807, 2.05) is 10.2 Å². The molecule has 14 heteroatoms. The summed E-state index contributed by atoms with van der Waals surface area (Å²) in [7, 11) is -5.25. The summed E-state index contributed by atoms with van der Waals surface area (Å²) in [4.78, 5) is 13.0. The lowest BCUT2D eigenvalue weighted by Crippen LogP contribution is -2.36. The maximum atomic E-state index is 14.5. The number of amides is 1. The first kappa shape index (κ1) is 24.7. The summed E-state index contributed by atoms with van der Waals surface area (Å²) in [5.41, 5.74) is -2.03. The number of nitrogens with zero attached hydrogens (tertiary/aromatic N) is 1. The van der Waals surface area contributed by atoms with Gasteiger partial charge in [-0.2, -0.15) is 13.2 Å². The van der Waals surface area contributed by atoms with Crippen molar-refractivity contribution in [2.75, 3.05) is 29.9 Å². The average molecular weight is 521 g/mol. The van der Waals surface area contributed by atoms with Crippen molar-refractivity contribution in [1.82, 2.24) is 4.72 Å². The van der Waals surface area contributed by atoms with E-state index >= 15 is 0 Å². The molecule has 3 aromatic rings. The third kappa shape index (κ3) is 5.01.